The molecule has 5 heteroatoms. The Morgan fingerprint density at radius 3 is 2.60 bits per heavy atom. The quantitative estimate of drug-likeness (QED) is 0.816. The van der Waals surface area contributed by atoms with Gasteiger partial charge in [0.05, 0.1) is 0 Å². The highest BCUT2D eigenvalue weighted by molar-refractivity contribution is 6.29. The molecule has 0 unspecified atom stereocenters. The number of hydrogen-bond donors (Lipinski definition) is 0. The van der Waals surface area contributed by atoms with Crippen LogP contribution in [0.25, 0.3) is 11.0 Å². The third-order valence-electron chi connectivity index (χ3n) is 3.89. The number of rotatable bonds is 3. The molecule has 0 saturated carbocycles. The second kappa shape index (κ2) is 5.94. The molecule has 0 aromatic carbocycles. The molecule has 3 heterocycles. The van der Waals surface area contributed by atoms with Crippen LogP contribution in [0, 0.1) is 0 Å². The highest BCUT2D eigenvalue weighted by atomic mass is 35.5. The van der Waals surface area contributed by atoms with E-state index in [1.54, 1.807) is 22.8 Å². The summed E-state index contributed by atoms with van der Waals surface area (Å²) in [5, 5.41) is 1.38. The van der Waals surface area contributed by atoms with Gasteiger partial charge in [-0.1, -0.05) is 18.0 Å². The van der Waals surface area contributed by atoms with Gasteiger partial charge in [-0.2, -0.15) is 0 Å². The molecule has 1 aliphatic rings. The molecule has 0 aliphatic carbocycles. The number of piperidine rings is 1. The van der Waals surface area contributed by atoms with Crippen molar-refractivity contribution in [3.05, 3.63) is 39.8 Å². The van der Waals surface area contributed by atoms with Crippen molar-refractivity contribution < 1.29 is 0 Å². The summed E-state index contributed by atoms with van der Waals surface area (Å²) in [5.41, 5.74) is 0.672. The Labute approximate surface area is 123 Å². The van der Waals surface area contributed by atoms with Crippen LogP contribution in [0.3, 0.4) is 0 Å². The summed E-state index contributed by atoms with van der Waals surface area (Å²) < 4.78 is 1.73. The zero-order chi connectivity index (χ0) is 13.9. The lowest BCUT2D eigenvalue weighted by Gasteiger charge is -2.26. The lowest BCUT2D eigenvalue weighted by Crippen LogP contribution is -2.34. The van der Waals surface area contributed by atoms with E-state index in [1.165, 1.54) is 19.3 Å². The Hall–Kier alpha value is -1.39. The summed E-state index contributed by atoms with van der Waals surface area (Å²) in [6.45, 7) is 3.83. The van der Waals surface area contributed by atoms with Crippen LogP contribution < -0.4 is 5.56 Å². The normalized spacial score (nSPS) is 16.6. The minimum Gasteiger partial charge on any atom is -0.302 e. The fourth-order valence-corrected chi connectivity index (χ4v) is 2.92. The van der Waals surface area contributed by atoms with Crippen LogP contribution in [0.4, 0.5) is 0 Å². The fourth-order valence-electron chi connectivity index (χ4n) is 2.78. The first-order valence-corrected chi connectivity index (χ1v) is 7.50. The molecule has 106 valence electrons. The first-order valence-electron chi connectivity index (χ1n) is 7.12. The molecule has 0 radical (unpaired) electrons. The van der Waals surface area contributed by atoms with E-state index in [-0.39, 0.29) is 5.56 Å². The Balaban J connectivity index is 1.87. The van der Waals surface area contributed by atoms with E-state index < -0.39 is 0 Å². The first-order chi connectivity index (χ1) is 9.74. The van der Waals surface area contributed by atoms with Crippen molar-refractivity contribution in [3.8, 4) is 0 Å². The van der Waals surface area contributed by atoms with E-state index in [2.05, 4.69) is 9.88 Å². The number of halogens is 1. The van der Waals surface area contributed by atoms with Crippen molar-refractivity contribution in [1.29, 1.82) is 0 Å². The van der Waals surface area contributed by atoms with Crippen molar-refractivity contribution in [1.82, 2.24) is 14.5 Å². The molecular formula is C15H18ClN3O. The van der Waals surface area contributed by atoms with E-state index in [0.717, 1.165) is 25.0 Å². The largest absolute Gasteiger partial charge is 0.302 e. The number of pyridine rings is 2. The SMILES string of the molecule is O=c1ccc2ccc(Cl)nc2n1CCN1CCCCC1. The van der Waals surface area contributed by atoms with Gasteiger partial charge in [-0.05, 0) is 44.1 Å². The number of hydrogen-bond acceptors (Lipinski definition) is 3. The highest BCUT2D eigenvalue weighted by Gasteiger charge is 2.11. The van der Waals surface area contributed by atoms with E-state index in [1.807, 2.05) is 6.07 Å². The number of likely N-dealkylation sites (tertiary alicyclic amines) is 1. The maximum atomic E-state index is 12.1. The van der Waals surface area contributed by atoms with Gasteiger partial charge in [0.15, 0.2) is 0 Å². The first kappa shape index (κ1) is 13.6. The Morgan fingerprint density at radius 2 is 1.80 bits per heavy atom. The topological polar surface area (TPSA) is 38.1 Å². The van der Waals surface area contributed by atoms with Crippen LogP contribution in [0.5, 0.6) is 0 Å². The van der Waals surface area contributed by atoms with E-state index in [9.17, 15) is 4.79 Å². The van der Waals surface area contributed by atoms with Crippen LogP contribution in [0.2, 0.25) is 5.15 Å². The molecule has 4 nitrogen and oxygen atoms in total. The number of nitrogens with zero attached hydrogens (tertiary/aromatic N) is 3. The van der Waals surface area contributed by atoms with Gasteiger partial charge in [-0.25, -0.2) is 4.98 Å². The molecule has 2 aromatic rings. The lowest BCUT2D eigenvalue weighted by atomic mass is 10.1. The zero-order valence-electron chi connectivity index (χ0n) is 11.4. The second-order valence-electron chi connectivity index (χ2n) is 5.27. The number of aromatic nitrogens is 2. The van der Waals surface area contributed by atoms with Gasteiger partial charge in [-0.15, -0.1) is 0 Å². The van der Waals surface area contributed by atoms with E-state index >= 15 is 0 Å². The van der Waals surface area contributed by atoms with Crippen molar-refractivity contribution >= 4 is 22.6 Å². The maximum Gasteiger partial charge on any atom is 0.252 e. The molecule has 1 saturated heterocycles. The van der Waals surface area contributed by atoms with Gasteiger partial charge < -0.3 is 4.90 Å². The van der Waals surface area contributed by atoms with Gasteiger partial charge in [0.1, 0.15) is 10.8 Å². The van der Waals surface area contributed by atoms with Gasteiger partial charge >= 0.3 is 0 Å². The van der Waals surface area contributed by atoms with Crippen LogP contribution in [-0.2, 0) is 6.54 Å². The van der Waals surface area contributed by atoms with E-state index in [4.69, 9.17) is 11.6 Å². The summed E-state index contributed by atoms with van der Waals surface area (Å²) in [6.07, 6.45) is 3.84. The summed E-state index contributed by atoms with van der Waals surface area (Å²) >= 11 is 5.95. The van der Waals surface area contributed by atoms with Gasteiger partial charge in [0.2, 0.25) is 0 Å². The minimum absolute atomic E-state index is 0.00993. The standard InChI is InChI=1S/C15H18ClN3O/c16-13-6-4-12-5-7-14(20)19(15(12)17-13)11-10-18-8-2-1-3-9-18/h4-7H,1-3,8-11H2. The van der Waals surface area contributed by atoms with Crippen molar-refractivity contribution in [2.75, 3.05) is 19.6 Å². The molecule has 0 bridgehead atoms. The third-order valence-corrected chi connectivity index (χ3v) is 4.10. The van der Waals surface area contributed by atoms with Gasteiger partial charge in [0.25, 0.3) is 5.56 Å². The van der Waals surface area contributed by atoms with Crippen LogP contribution in [-0.4, -0.2) is 34.1 Å². The molecule has 0 atom stereocenters. The molecular weight excluding hydrogens is 274 g/mol. The van der Waals surface area contributed by atoms with Crippen molar-refractivity contribution in [2.24, 2.45) is 0 Å². The van der Waals surface area contributed by atoms with Crippen molar-refractivity contribution in [3.63, 3.8) is 0 Å². The Kier molecular flexibility index (Phi) is 4.03. The molecule has 1 fully saturated rings. The fraction of sp³-hybridized carbons (Fsp3) is 0.467. The summed E-state index contributed by atoms with van der Waals surface area (Å²) in [5.74, 6) is 0. The molecule has 0 spiro atoms. The maximum absolute atomic E-state index is 12.1. The summed E-state index contributed by atoms with van der Waals surface area (Å²) in [4.78, 5) is 18.8. The third kappa shape index (κ3) is 2.86. The number of fused-ring (bicyclic) bond motifs is 1. The average Bonchev–Trinajstić information content (AvgIpc) is 2.47. The molecule has 0 N–H and O–H groups in total. The predicted octanol–water partition coefficient (Wildman–Crippen LogP) is 2.54. The van der Waals surface area contributed by atoms with Crippen LogP contribution in [0.15, 0.2) is 29.1 Å². The molecule has 1 aliphatic heterocycles. The van der Waals surface area contributed by atoms with E-state index in [0.29, 0.717) is 17.3 Å². The lowest BCUT2D eigenvalue weighted by molar-refractivity contribution is 0.221. The van der Waals surface area contributed by atoms with Crippen LogP contribution in [0.1, 0.15) is 19.3 Å². The Bertz CT molecular complexity index is 662. The predicted molar refractivity (Wildman–Crippen MR) is 81.3 cm³/mol. The van der Waals surface area contributed by atoms with Crippen molar-refractivity contribution in [2.45, 2.75) is 25.8 Å². The summed E-state index contributed by atoms with van der Waals surface area (Å²) in [7, 11) is 0. The molecule has 20 heavy (non-hydrogen) atoms. The molecule has 2 aromatic heterocycles. The minimum atomic E-state index is -0.00993. The smallest absolute Gasteiger partial charge is 0.252 e. The average molecular weight is 292 g/mol. The molecule has 3 rings (SSSR count). The van der Waals surface area contributed by atoms with Crippen LogP contribution >= 0.6 is 11.6 Å². The second-order valence-corrected chi connectivity index (χ2v) is 5.66. The zero-order valence-corrected chi connectivity index (χ0v) is 12.1. The highest BCUT2D eigenvalue weighted by Crippen LogP contribution is 2.14. The van der Waals surface area contributed by atoms with Gasteiger partial charge in [0, 0.05) is 24.5 Å². The van der Waals surface area contributed by atoms with Gasteiger partial charge in [-0.3, -0.25) is 9.36 Å². The summed E-state index contributed by atoms with van der Waals surface area (Å²) in [6, 6.07) is 7.07. The molecule has 0 amide bonds. The monoisotopic (exact) mass is 291 g/mol. The Morgan fingerprint density at radius 1 is 1.05 bits per heavy atom.